The van der Waals surface area contributed by atoms with E-state index in [0.29, 0.717) is 18.2 Å². The van der Waals surface area contributed by atoms with Crippen LogP contribution in [0.2, 0.25) is 0 Å². The van der Waals surface area contributed by atoms with Crippen LogP contribution in [-0.4, -0.2) is 66.7 Å². The number of halogens is 3. The predicted octanol–water partition coefficient (Wildman–Crippen LogP) is 3.55. The number of alkyl halides is 3. The van der Waals surface area contributed by atoms with Crippen LogP contribution in [0.3, 0.4) is 0 Å². The molecule has 0 spiro atoms. The molecule has 1 saturated heterocycles. The molecular weight excluding hydrogens is 533 g/mol. The van der Waals surface area contributed by atoms with E-state index < -0.39 is 38.6 Å². The van der Waals surface area contributed by atoms with Crippen molar-refractivity contribution in [2.75, 3.05) is 19.6 Å². The third-order valence-electron chi connectivity index (χ3n) is 7.31. The van der Waals surface area contributed by atoms with Gasteiger partial charge in [-0.25, -0.2) is 8.42 Å². The molecule has 2 aromatic carbocycles. The summed E-state index contributed by atoms with van der Waals surface area (Å²) < 4.78 is 68.7. The molecule has 0 bridgehead atoms. The molecule has 2 amide bonds. The Morgan fingerprint density at radius 3 is 2.54 bits per heavy atom. The van der Waals surface area contributed by atoms with Gasteiger partial charge in [-0.2, -0.15) is 17.9 Å². The minimum Gasteiger partial charge on any atom is -0.361 e. The largest absolute Gasteiger partial charge is 0.416 e. The summed E-state index contributed by atoms with van der Waals surface area (Å²) in [5.41, 5.74) is 0.390. The van der Waals surface area contributed by atoms with Crippen LogP contribution >= 0.6 is 0 Å². The Hall–Kier alpha value is -3.38. The van der Waals surface area contributed by atoms with Gasteiger partial charge in [0.1, 0.15) is 6.04 Å². The molecule has 2 aliphatic rings. The number of nitrogens with one attached hydrogen (secondary N) is 2. The number of nitrogens with zero attached hydrogens (tertiary/aromatic N) is 2. The number of hydrogen-bond donors (Lipinski definition) is 2. The van der Waals surface area contributed by atoms with Crippen molar-refractivity contribution in [2.24, 2.45) is 5.92 Å². The number of amides is 2. The highest BCUT2D eigenvalue weighted by Gasteiger charge is 2.40. The van der Waals surface area contributed by atoms with Crippen molar-refractivity contribution in [3.05, 3.63) is 65.9 Å². The van der Waals surface area contributed by atoms with Crippen molar-refractivity contribution in [1.29, 1.82) is 0 Å². The van der Waals surface area contributed by atoms with Crippen LogP contribution in [0.4, 0.5) is 13.2 Å². The molecule has 5 rings (SSSR count). The van der Waals surface area contributed by atoms with Gasteiger partial charge < -0.3 is 14.8 Å². The minimum atomic E-state index is -4.72. The Bertz CT molecular complexity index is 1500. The smallest absolute Gasteiger partial charge is 0.361 e. The second-order valence-electron chi connectivity index (χ2n) is 10.2. The lowest BCUT2D eigenvalue weighted by molar-refractivity contribution is -0.144. The van der Waals surface area contributed by atoms with Gasteiger partial charge in [-0.05, 0) is 56.0 Å². The van der Waals surface area contributed by atoms with Crippen LogP contribution in [0.25, 0.3) is 10.9 Å². The number of hydrogen-bond acceptors (Lipinski definition) is 4. The molecule has 2 heterocycles. The molecular formula is C27H29F3N4O4S. The number of carbonyl (C=O) groups excluding carboxylic acids is 2. The SMILES string of the molecule is CC1CN(C(=O)C(Cc2c[nH]c3ccccc23)NS(=O)(=O)c2cccc(C(F)(F)F)c2)CCN1C(=O)C1CC1. The molecule has 2 unspecified atom stereocenters. The highest BCUT2D eigenvalue weighted by Crippen LogP contribution is 2.33. The van der Waals surface area contributed by atoms with Crippen molar-refractivity contribution < 1.29 is 31.2 Å². The van der Waals surface area contributed by atoms with Crippen LogP contribution in [-0.2, 0) is 32.2 Å². The van der Waals surface area contributed by atoms with Gasteiger partial charge >= 0.3 is 6.18 Å². The summed E-state index contributed by atoms with van der Waals surface area (Å²) in [6.07, 6.45) is -1.31. The monoisotopic (exact) mass is 562 g/mol. The first kappa shape index (κ1) is 27.2. The summed E-state index contributed by atoms with van der Waals surface area (Å²) in [7, 11) is -4.50. The van der Waals surface area contributed by atoms with Gasteiger partial charge in [0, 0.05) is 48.7 Å². The highest BCUT2D eigenvalue weighted by atomic mass is 32.2. The Morgan fingerprint density at radius 1 is 1.10 bits per heavy atom. The van der Waals surface area contributed by atoms with E-state index in [0.717, 1.165) is 41.9 Å². The molecule has 1 saturated carbocycles. The molecule has 2 atom stereocenters. The maximum absolute atomic E-state index is 13.8. The van der Waals surface area contributed by atoms with Crippen LogP contribution in [0.15, 0.2) is 59.6 Å². The van der Waals surface area contributed by atoms with Gasteiger partial charge in [-0.1, -0.05) is 24.3 Å². The Morgan fingerprint density at radius 2 is 1.85 bits per heavy atom. The first-order valence-corrected chi connectivity index (χ1v) is 14.3. The van der Waals surface area contributed by atoms with E-state index in [-0.39, 0.29) is 37.4 Å². The zero-order valence-electron chi connectivity index (χ0n) is 21.2. The maximum Gasteiger partial charge on any atom is 0.416 e. The van der Waals surface area contributed by atoms with E-state index in [1.807, 2.05) is 31.2 Å². The number of piperazine rings is 1. The molecule has 1 aliphatic heterocycles. The fourth-order valence-corrected chi connectivity index (χ4v) is 6.30. The number of carbonyl (C=O) groups is 2. The standard InChI is InChI=1S/C27H29F3N4O4S/c1-17-16-33(11-12-34(17)25(35)18-9-10-18)26(36)24(13-19-15-31-23-8-3-2-7-22(19)23)32-39(37,38)21-6-4-5-20(14-21)27(28,29)30/h2-8,14-15,17-18,24,31-32H,9-13,16H2,1H3. The zero-order chi connectivity index (χ0) is 27.9. The van der Waals surface area contributed by atoms with Gasteiger partial charge in [-0.3, -0.25) is 9.59 Å². The number of para-hydroxylation sites is 1. The third-order valence-corrected chi connectivity index (χ3v) is 8.78. The molecule has 39 heavy (non-hydrogen) atoms. The number of aromatic amines is 1. The molecule has 3 aromatic rings. The molecule has 0 radical (unpaired) electrons. The summed E-state index contributed by atoms with van der Waals surface area (Å²) in [4.78, 5) is 32.2. The normalized spacial score (nSPS) is 19.3. The molecule has 2 N–H and O–H groups in total. The van der Waals surface area contributed by atoms with Gasteiger partial charge in [0.15, 0.2) is 0 Å². The van der Waals surface area contributed by atoms with Crippen LogP contribution in [0.5, 0.6) is 0 Å². The van der Waals surface area contributed by atoms with Gasteiger partial charge in [0.2, 0.25) is 21.8 Å². The second-order valence-corrected chi connectivity index (χ2v) is 11.9. The van der Waals surface area contributed by atoms with Crippen LogP contribution in [0, 0.1) is 5.92 Å². The Kier molecular flexibility index (Phi) is 7.19. The van der Waals surface area contributed by atoms with E-state index in [2.05, 4.69) is 9.71 Å². The molecule has 12 heteroatoms. The number of rotatable bonds is 7. The summed E-state index contributed by atoms with van der Waals surface area (Å²) in [5, 5.41) is 0.807. The molecule has 1 aromatic heterocycles. The van der Waals surface area contributed by atoms with E-state index in [9.17, 15) is 31.2 Å². The van der Waals surface area contributed by atoms with E-state index in [4.69, 9.17) is 0 Å². The molecule has 2 fully saturated rings. The van der Waals surface area contributed by atoms with Crippen molar-refractivity contribution >= 4 is 32.7 Å². The molecule has 1 aliphatic carbocycles. The Labute approximate surface area is 224 Å². The lowest BCUT2D eigenvalue weighted by Crippen LogP contribution is -2.59. The Balaban J connectivity index is 1.42. The van der Waals surface area contributed by atoms with Crippen molar-refractivity contribution in [1.82, 2.24) is 19.5 Å². The summed E-state index contributed by atoms with van der Waals surface area (Å²) in [6.45, 7) is 2.65. The number of fused-ring (bicyclic) bond motifs is 1. The van der Waals surface area contributed by atoms with Gasteiger partial charge in [0.25, 0.3) is 0 Å². The van der Waals surface area contributed by atoms with E-state index >= 15 is 0 Å². The van der Waals surface area contributed by atoms with E-state index in [1.165, 1.54) is 4.90 Å². The first-order chi connectivity index (χ1) is 18.4. The predicted molar refractivity (Wildman–Crippen MR) is 138 cm³/mol. The summed E-state index contributed by atoms with van der Waals surface area (Å²) in [6, 6.07) is 9.25. The van der Waals surface area contributed by atoms with Crippen molar-refractivity contribution in [2.45, 2.75) is 49.3 Å². The first-order valence-electron chi connectivity index (χ1n) is 12.8. The fraction of sp³-hybridized carbons (Fsp3) is 0.407. The lowest BCUT2D eigenvalue weighted by atomic mass is 10.0. The van der Waals surface area contributed by atoms with Crippen LogP contribution in [0.1, 0.15) is 30.9 Å². The average molecular weight is 563 g/mol. The zero-order valence-corrected chi connectivity index (χ0v) is 22.1. The maximum atomic E-state index is 13.8. The van der Waals surface area contributed by atoms with E-state index in [1.54, 1.807) is 11.1 Å². The second kappa shape index (κ2) is 10.3. The third kappa shape index (κ3) is 5.81. The van der Waals surface area contributed by atoms with Crippen molar-refractivity contribution in [3.63, 3.8) is 0 Å². The number of aromatic nitrogens is 1. The summed E-state index contributed by atoms with van der Waals surface area (Å²) >= 11 is 0. The van der Waals surface area contributed by atoms with Gasteiger partial charge in [-0.15, -0.1) is 0 Å². The van der Waals surface area contributed by atoms with Crippen LogP contribution < -0.4 is 4.72 Å². The summed E-state index contributed by atoms with van der Waals surface area (Å²) in [5.74, 6) is -0.375. The molecule has 8 nitrogen and oxygen atoms in total. The number of benzene rings is 2. The average Bonchev–Trinajstić information content (AvgIpc) is 3.68. The number of H-pyrrole nitrogens is 1. The quantitative estimate of drug-likeness (QED) is 0.460. The van der Waals surface area contributed by atoms with Gasteiger partial charge in [0.05, 0.1) is 10.5 Å². The lowest BCUT2D eigenvalue weighted by Gasteiger charge is -2.41. The van der Waals surface area contributed by atoms with Crippen molar-refractivity contribution in [3.8, 4) is 0 Å². The number of sulfonamides is 1. The topological polar surface area (TPSA) is 103 Å². The minimum absolute atomic E-state index is 0.0172. The molecule has 208 valence electrons. The fourth-order valence-electron chi connectivity index (χ4n) is 5.07. The highest BCUT2D eigenvalue weighted by molar-refractivity contribution is 7.89.